The average Bonchev–Trinajstić information content (AvgIpc) is 2.18. The Labute approximate surface area is 99.6 Å². The molecule has 15 heavy (non-hydrogen) atoms. The SMILES string of the molecule is CC(N)(CO)CCCc1cccc(Br)c1. The summed E-state index contributed by atoms with van der Waals surface area (Å²) in [6.45, 7) is 1.93. The van der Waals surface area contributed by atoms with Gasteiger partial charge in [0.15, 0.2) is 0 Å². The van der Waals surface area contributed by atoms with Gasteiger partial charge in [-0.15, -0.1) is 0 Å². The molecule has 1 aromatic rings. The average molecular weight is 272 g/mol. The van der Waals surface area contributed by atoms with Crippen LogP contribution in [0.25, 0.3) is 0 Å². The van der Waals surface area contributed by atoms with Crippen LogP contribution in [0.2, 0.25) is 0 Å². The lowest BCUT2D eigenvalue weighted by molar-refractivity contribution is 0.198. The van der Waals surface area contributed by atoms with E-state index in [0.717, 1.165) is 23.7 Å². The van der Waals surface area contributed by atoms with Crippen LogP contribution in [-0.4, -0.2) is 17.3 Å². The molecule has 1 unspecified atom stereocenters. The summed E-state index contributed by atoms with van der Waals surface area (Å²) in [6.07, 6.45) is 2.85. The number of halogens is 1. The number of nitrogens with two attached hydrogens (primary N) is 1. The summed E-state index contributed by atoms with van der Waals surface area (Å²) in [5.74, 6) is 0. The summed E-state index contributed by atoms with van der Waals surface area (Å²) >= 11 is 3.44. The van der Waals surface area contributed by atoms with Gasteiger partial charge in [0.05, 0.1) is 6.61 Å². The van der Waals surface area contributed by atoms with Crippen molar-refractivity contribution < 1.29 is 5.11 Å². The monoisotopic (exact) mass is 271 g/mol. The van der Waals surface area contributed by atoms with E-state index in [1.54, 1.807) is 0 Å². The lowest BCUT2D eigenvalue weighted by Gasteiger charge is -2.21. The fraction of sp³-hybridized carbons (Fsp3) is 0.500. The first-order valence-corrected chi connectivity index (χ1v) is 5.97. The molecule has 0 bridgehead atoms. The highest BCUT2D eigenvalue weighted by molar-refractivity contribution is 9.10. The van der Waals surface area contributed by atoms with E-state index in [0.29, 0.717) is 0 Å². The van der Waals surface area contributed by atoms with Gasteiger partial charge in [-0.1, -0.05) is 28.1 Å². The van der Waals surface area contributed by atoms with Crippen molar-refractivity contribution in [2.75, 3.05) is 6.61 Å². The molecule has 0 saturated heterocycles. The standard InChI is InChI=1S/C12H18BrNO/c1-12(14,9-15)7-3-5-10-4-2-6-11(13)8-10/h2,4,6,8,15H,3,5,7,9,14H2,1H3. The maximum Gasteiger partial charge on any atom is 0.0608 e. The van der Waals surface area contributed by atoms with Gasteiger partial charge < -0.3 is 10.8 Å². The maximum absolute atomic E-state index is 9.00. The van der Waals surface area contributed by atoms with Crippen molar-refractivity contribution in [3.05, 3.63) is 34.3 Å². The van der Waals surface area contributed by atoms with Crippen molar-refractivity contribution >= 4 is 15.9 Å². The predicted molar refractivity (Wildman–Crippen MR) is 66.8 cm³/mol. The number of aryl methyl sites for hydroxylation is 1. The van der Waals surface area contributed by atoms with E-state index < -0.39 is 5.54 Å². The van der Waals surface area contributed by atoms with Crippen LogP contribution < -0.4 is 5.73 Å². The van der Waals surface area contributed by atoms with Crippen LogP contribution in [0.1, 0.15) is 25.3 Å². The first-order valence-electron chi connectivity index (χ1n) is 5.18. The molecule has 3 N–H and O–H groups in total. The van der Waals surface area contributed by atoms with Crippen molar-refractivity contribution in [1.82, 2.24) is 0 Å². The van der Waals surface area contributed by atoms with E-state index in [1.165, 1.54) is 5.56 Å². The quantitative estimate of drug-likeness (QED) is 0.865. The van der Waals surface area contributed by atoms with Gasteiger partial charge in [0.1, 0.15) is 0 Å². The number of hydrogen-bond donors (Lipinski definition) is 2. The fourth-order valence-electron chi connectivity index (χ4n) is 1.47. The molecule has 0 aliphatic rings. The highest BCUT2D eigenvalue weighted by atomic mass is 79.9. The van der Waals surface area contributed by atoms with E-state index in [2.05, 4.69) is 28.1 Å². The molecule has 0 aliphatic heterocycles. The smallest absolute Gasteiger partial charge is 0.0608 e. The topological polar surface area (TPSA) is 46.2 Å². The molecule has 1 rings (SSSR count). The molecule has 2 nitrogen and oxygen atoms in total. The van der Waals surface area contributed by atoms with Crippen LogP contribution in [0, 0.1) is 0 Å². The summed E-state index contributed by atoms with van der Waals surface area (Å²) in [6, 6.07) is 8.28. The number of benzene rings is 1. The van der Waals surface area contributed by atoms with Crippen LogP contribution >= 0.6 is 15.9 Å². The summed E-state index contributed by atoms with van der Waals surface area (Å²) in [7, 11) is 0. The molecule has 1 aromatic carbocycles. The van der Waals surface area contributed by atoms with E-state index in [9.17, 15) is 0 Å². The molecular formula is C12H18BrNO. The number of rotatable bonds is 5. The molecule has 0 saturated carbocycles. The maximum atomic E-state index is 9.00. The highest BCUT2D eigenvalue weighted by Crippen LogP contribution is 2.15. The molecule has 0 aliphatic carbocycles. The second kappa shape index (κ2) is 5.64. The first kappa shape index (κ1) is 12.7. The Bertz CT molecular complexity index is 312. The third-order valence-electron chi connectivity index (χ3n) is 2.46. The number of hydrogen-bond acceptors (Lipinski definition) is 2. The lowest BCUT2D eigenvalue weighted by Crippen LogP contribution is -2.40. The van der Waals surface area contributed by atoms with Gasteiger partial charge in [0, 0.05) is 10.0 Å². The van der Waals surface area contributed by atoms with E-state index in [4.69, 9.17) is 10.8 Å². The second-order valence-electron chi connectivity index (χ2n) is 4.30. The third kappa shape index (κ3) is 4.78. The molecule has 0 radical (unpaired) electrons. The minimum absolute atomic E-state index is 0.0471. The normalized spacial score (nSPS) is 14.9. The van der Waals surface area contributed by atoms with Crippen molar-refractivity contribution in [2.24, 2.45) is 5.73 Å². The number of aliphatic hydroxyl groups excluding tert-OH is 1. The van der Waals surface area contributed by atoms with Crippen molar-refractivity contribution in [2.45, 2.75) is 31.7 Å². The Balaban J connectivity index is 2.38. The zero-order valence-corrected chi connectivity index (χ0v) is 10.6. The van der Waals surface area contributed by atoms with E-state index in [-0.39, 0.29) is 6.61 Å². The minimum atomic E-state index is -0.438. The molecule has 0 fully saturated rings. The van der Waals surface area contributed by atoms with Crippen molar-refractivity contribution in [1.29, 1.82) is 0 Å². The van der Waals surface area contributed by atoms with Crippen LogP contribution in [0.5, 0.6) is 0 Å². The van der Waals surface area contributed by atoms with Crippen LogP contribution in [-0.2, 0) is 6.42 Å². The second-order valence-corrected chi connectivity index (χ2v) is 5.21. The Morgan fingerprint density at radius 3 is 2.80 bits per heavy atom. The Hall–Kier alpha value is -0.380. The van der Waals surface area contributed by atoms with Gasteiger partial charge in [-0.3, -0.25) is 0 Å². The Morgan fingerprint density at radius 1 is 1.47 bits per heavy atom. The van der Waals surface area contributed by atoms with Gasteiger partial charge in [0.2, 0.25) is 0 Å². The lowest BCUT2D eigenvalue weighted by atomic mass is 9.95. The van der Waals surface area contributed by atoms with Crippen molar-refractivity contribution in [3.63, 3.8) is 0 Å². The largest absolute Gasteiger partial charge is 0.394 e. The summed E-state index contributed by atoms with van der Waals surface area (Å²) in [5, 5.41) is 9.00. The van der Waals surface area contributed by atoms with Crippen LogP contribution in [0.15, 0.2) is 28.7 Å². The molecule has 0 aromatic heterocycles. The zero-order chi connectivity index (χ0) is 11.3. The Morgan fingerprint density at radius 2 is 2.20 bits per heavy atom. The van der Waals surface area contributed by atoms with Gasteiger partial charge in [-0.25, -0.2) is 0 Å². The predicted octanol–water partition coefficient (Wildman–Crippen LogP) is 2.48. The first-order chi connectivity index (χ1) is 7.03. The Kier molecular flexibility index (Phi) is 4.77. The molecule has 0 spiro atoms. The van der Waals surface area contributed by atoms with Gasteiger partial charge in [-0.2, -0.15) is 0 Å². The summed E-state index contributed by atoms with van der Waals surface area (Å²) < 4.78 is 1.11. The fourth-order valence-corrected chi connectivity index (χ4v) is 1.91. The van der Waals surface area contributed by atoms with Gasteiger partial charge >= 0.3 is 0 Å². The van der Waals surface area contributed by atoms with Crippen LogP contribution in [0.3, 0.4) is 0 Å². The highest BCUT2D eigenvalue weighted by Gasteiger charge is 2.15. The molecular weight excluding hydrogens is 254 g/mol. The molecule has 3 heteroatoms. The molecule has 0 amide bonds. The minimum Gasteiger partial charge on any atom is -0.394 e. The molecule has 84 valence electrons. The van der Waals surface area contributed by atoms with Crippen LogP contribution in [0.4, 0.5) is 0 Å². The summed E-state index contributed by atoms with van der Waals surface area (Å²) in [5.41, 5.74) is 6.72. The number of aliphatic hydroxyl groups is 1. The molecule has 0 heterocycles. The van der Waals surface area contributed by atoms with Gasteiger partial charge in [0.25, 0.3) is 0 Å². The van der Waals surface area contributed by atoms with E-state index in [1.807, 2.05) is 19.1 Å². The summed E-state index contributed by atoms with van der Waals surface area (Å²) in [4.78, 5) is 0. The zero-order valence-electron chi connectivity index (χ0n) is 9.04. The van der Waals surface area contributed by atoms with Gasteiger partial charge in [-0.05, 0) is 43.9 Å². The third-order valence-corrected chi connectivity index (χ3v) is 2.96. The van der Waals surface area contributed by atoms with E-state index >= 15 is 0 Å². The molecule has 1 atom stereocenters. The van der Waals surface area contributed by atoms with Crippen molar-refractivity contribution in [3.8, 4) is 0 Å².